The van der Waals surface area contributed by atoms with Crippen molar-refractivity contribution >= 4 is 23.7 Å². The minimum Gasteiger partial charge on any atom is -0.506 e. The molecule has 5 heteroatoms. The van der Waals surface area contributed by atoms with E-state index in [1.54, 1.807) is 6.07 Å². The van der Waals surface area contributed by atoms with Gasteiger partial charge in [0.25, 0.3) is 0 Å². The van der Waals surface area contributed by atoms with E-state index in [-0.39, 0.29) is 11.8 Å². The summed E-state index contributed by atoms with van der Waals surface area (Å²) >= 11 is 1.19. The summed E-state index contributed by atoms with van der Waals surface area (Å²) in [5.41, 5.74) is 0.478. The first-order chi connectivity index (χ1) is 5.77. The molecule has 2 rings (SSSR count). The molecule has 12 heavy (non-hydrogen) atoms. The molecule has 1 aromatic carbocycles. The predicted molar refractivity (Wildman–Crippen MR) is 46.1 cm³/mol. The smallest absolute Gasteiger partial charge is 0.329 e. The Morgan fingerprint density at radius 3 is 3.08 bits per heavy atom. The summed E-state index contributed by atoms with van der Waals surface area (Å²) in [4.78, 5) is 11.6. The fourth-order valence-corrected chi connectivity index (χ4v) is 1.63. The van der Waals surface area contributed by atoms with Crippen molar-refractivity contribution in [3.63, 3.8) is 0 Å². The van der Waals surface area contributed by atoms with Crippen molar-refractivity contribution in [2.75, 3.05) is 5.32 Å². The molecule has 62 valence electrons. The van der Waals surface area contributed by atoms with Crippen molar-refractivity contribution in [2.24, 2.45) is 0 Å². The number of phenolic OH excluding ortho intramolecular Hbond substituents is 1. The second kappa shape index (κ2) is 2.60. The van der Waals surface area contributed by atoms with Gasteiger partial charge in [-0.05, 0) is 24.1 Å². The minimum atomic E-state index is -0.311. The highest BCUT2D eigenvalue weighted by atomic mass is 32.2. The van der Waals surface area contributed by atoms with E-state index < -0.39 is 0 Å². The molecule has 2 amide bonds. The summed E-state index contributed by atoms with van der Waals surface area (Å²) in [6.45, 7) is 0. The number of benzene rings is 1. The van der Waals surface area contributed by atoms with Crippen LogP contribution in [0.4, 0.5) is 10.5 Å². The SMILES string of the molecule is O=C1NSc2cccc(O)c2N1. The fraction of sp³-hybridized carbons (Fsp3) is 0. The zero-order valence-electron chi connectivity index (χ0n) is 6.00. The summed E-state index contributed by atoms with van der Waals surface area (Å²) in [6.07, 6.45) is 0. The zero-order valence-corrected chi connectivity index (χ0v) is 6.81. The predicted octanol–water partition coefficient (Wildman–Crippen LogP) is 1.53. The van der Waals surface area contributed by atoms with Gasteiger partial charge in [-0.15, -0.1) is 0 Å². The first kappa shape index (κ1) is 7.30. The number of hydrogen-bond donors (Lipinski definition) is 3. The number of amides is 2. The van der Waals surface area contributed by atoms with Gasteiger partial charge in [-0.25, -0.2) is 4.79 Å². The Hall–Kier alpha value is -1.36. The first-order valence-corrected chi connectivity index (χ1v) is 4.15. The quantitative estimate of drug-likeness (QED) is 0.421. The number of para-hydroxylation sites is 1. The van der Waals surface area contributed by atoms with E-state index in [4.69, 9.17) is 0 Å². The Kier molecular flexibility index (Phi) is 1.58. The molecule has 0 saturated carbocycles. The molecular formula is C7H6N2O2S. The number of fused-ring (bicyclic) bond motifs is 1. The van der Waals surface area contributed by atoms with Crippen LogP contribution >= 0.6 is 11.9 Å². The van der Waals surface area contributed by atoms with E-state index in [0.717, 1.165) is 4.90 Å². The van der Waals surface area contributed by atoms with Gasteiger partial charge in [-0.1, -0.05) is 6.07 Å². The monoisotopic (exact) mass is 182 g/mol. The number of nitrogens with one attached hydrogen (secondary N) is 2. The van der Waals surface area contributed by atoms with Gasteiger partial charge < -0.3 is 10.4 Å². The van der Waals surface area contributed by atoms with Crippen LogP contribution < -0.4 is 10.0 Å². The number of urea groups is 1. The molecule has 0 atom stereocenters. The lowest BCUT2D eigenvalue weighted by molar-refractivity contribution is 0.256. The molecule has 1 heterocycles. The highest BCUT2D eigenvalue weighted by Gasteiger charge is 2.16. The van der Waals surface area contributed by atoms with Crippen LogP contribution in [0.25, 0.3) is 0 Å². The molecule has 1 aliphatic rings. The summed E-state index contributed by atoms with van der Waals surface area (Å²) in [5, 5.41) is 11.8. The van der Waals surface area contributed by atoms with Gasteiger partial charge in [0.05, 0.1) is 4.90 Å². The van der Waals surface area contributed by atoms with Crippen LogP contribution in [0.3, 0.4) is 0 Å². The van der Waals surface area contributed by atoms with Crippen LogP contribution in [0.5, 0.6) is 5.75 Å². The van der Waals surface area contributed by atoms with Crippen molar-refractivity contribution < 1.29 is 9.90 Å². The molecule has 0 aliphatic carbocycles. The summed E-state index contributed by atoms with van der Waals surface area (Å²) < 4.78 is 2.52. The van der Waals surface area contributed by atoms with Crippen LogP contribution in [0.1, 0.15) is 0 Å². The molecule has 0 aromatic heterocycles. The van der Waals surface area contributed by atoms with Crippen molar-refractivity contribution in [1.82, 2.24) is 4.72 Å². The maximum atomic E-state index is 10.8. The number of anilines is 1. The zero-order chi connectivity index (χ0) is 8.55. The Morgan fingerprint density at radius 2 is 2.25 bits per heavy atom. The summed E-state index contributed by atoms with van der Waals surface area (Å²) in [6, 6.07) is 4.76. The second-order valence-corrected chi connectivity index (χ2v) is 3.16. The number of aromatic hydroxyl groups is 1. The Morgan fingerprint density at radius 1 is 1.42 bits per heavy atom. The van der Waals surface area contributed by atoms with Crippen LogP contribution in [0, 0.1) is 0 Å². The van der Waals surface area contributed by atoms with E-state index in [9.17, 15) is 9.90 Å². The van der Waals surface area contributed by atoms with Crippen LogP contribution in [0.15, 0.2) is 23.1 Å². The molecule has 0 spiro atoms. The van der Waals surface area contributed by atoms with Crippen molar-refractivity contribution in [3.8, 4) is 5.75 Å². The van der Waals surface area contributed by atoms with Crippen molar-refractivity contribution in [1.29, 1.82) is 0 Å². The van der Waals surface area contributed by atoms with Gasteiger partial charge in [0.1, 0.15) is 11.4 Å². The molecule has 0 fully saturated rings. The van der Waals surface area contributed by atoms with Gasteiger partial charge in [-0.3, -0.25) is 4.72 Å². The van der Waals surface area contributed by atoms with Gasteiger partial charge in [-0.2, -0.15) is 0 Å². The van der Waals surface area contributed by atoms with Crippen molar-refractivity contribution in [2.45, 2.75) is 4.90 Å². The number of carbonyl (C=O) groups excluding carboxylic acids is 1. The van der Waals surface area contributed by atoms with Gasteiger partial charge in [0.15, 0.2) is 0 Å². The van der Waals surface area contributed by atoms with E-state index in [2.05, 4.69) is 10.0 Å². The van der Waals surface area contributed by atoms with Crippen LogP contribution in [-0.2, 0) is 0 Å². The van der Waals surface area contributed by atoms with Gasteiger partial charge in [0.2, 0.25) is 0 Å². The molecule has 0 radical (unpaired) electrons. The maximum Gasteiger partial charge on any atom is 0.329 e. The van der Waals surface area contributed by atoms with Gasteiger partial charge in [0, 0.05) is 0 Å². The van der Waals surface area contributed by atoms with Crippen molar-refractivity contribution in [3.05, 3.63) is 18.2 Å². The molecule has 1 aliphatic heterocycles. The van der Waals surface area contributed by atoms with E-state index >= 15 is 0 Å². The number of carbonyl (C=O) groups is 1. The molecule has 4 nitrogen and oxygen atoms in total. The number of phenols is 1. The Labute approximate surface area is 73.1 Å². The largest absolute Gasteiger partial charge is 0.506 e. The van der Waals surface area contributed by atoms with Gasteiger partial charge >= 0.3 is 6.03 Å². The number of hydrogen-bond acceptors (Lipinski definition) is 3. The highest BCUT2D eigenvalue weighted by Crippen LogP contribution is 2.35. The standard InChI is InChI=1S/C7H6N2O2S/c10-4-2-1-3-5-6(4)8-7(11)9-12-5/h1-3,10H,(H2,8,9,11). The third-order valence-corrected chi connectivity index (χ3v) is 2.34. The molecule has 0 bridgehead atoms. The molecule has 1 aromatic rings. The third-order valence-electron chi connectivity index (χ3n) is 1.50. The number of rotatable bonds is 0. The van der Waals surface area contributed by atoms with E-state index in [1.807, 2.05) is 6.07 Å². The average molecular weight is 182 g/mol. The average Bonchev–Trinajstić information content (AvgIpc) is 2.07. The lowest BCUT2D eigenvalue weighted by Gasteiger charge is -2.17. The Bertz CT molecular complexity index is 340. The third kappa shape index (κ3) is 1.08. The lowest BCUT2D eigenvalue weighted by atomic mass is 10.3. The first-order valence-electron chi connectivity index (χ1n) is 3.33. The lowest BCUT2D eigenvalue weighted by Crippen LogP contribution is -2.26. The molecular weight excluding hydrogens is 176 g/mol. The summed E-state index contributed by atoms with van der Waals surface area (Å²) in [7, 11) is 0. The van der Waals surface area contributed by atoms with E-state index in [1.165, 1.54) is 18.0 Å². The highest BCUT2D eigenvalue weighted by molar-refractivity contribution is 7.98. The van der Waals surface area contributed by atoms with Crippen LogP contribution in [-0.4, -0.2) is 11.1 Å². The molecule has 0 unspecified atom stereocenters. The minimum absolute atomic E-state index is 0.0925. The summed E-state index contributed by atoms with van der Waals surface area (Å²) in [5.74, 6) is 0.0925. The Balaban J connectivity index is 2.50. The molecule has 0 saturated heterocycles. The molecule has 3 N–H and O–H groups in total. The fourth-order valence-electron chi connectivity index (χ4n) is 0.971. The normalized spacial score (nSPS) is 14.5. The topological polar surface area (TPSA) is 61.4 Å². The van der Waals surface area contributed by atoms with Crippen LogP contribution in [0.2, 0.25) is 0 Å². The maximum absolute atomic E-state index is 10.8. The second-order valence-electron chi connectivity index (χ2n) is 2.31. The van der Waals surface area contributed by atoms with E-state index in [0.29, 0.717) is 5.69 Å².